The van der Waals surface area contributed by atoms with Gasteiger partial charge in [0.05, 0.1) is 11.4 Å². The second-order valence-electron chi connectivity index (χ2n) is 14.9. The van der Waals surface area contributed by atoms with Crippen LogP contribution in [0.15, 0.2) is 229 Å². The molecule has 0 unspecified atom stereocenters. The van der Waals surface area contributed by atoms with Crippen LogP contribution in [0, 0.1) is 0 Å². The minimum atomic E-state index is 0.876. The minimum absolute atomic E-state index is 0.876. The van der Waals surface area contributed by atoms with Crippen LogP contribution < -0.4 is 4.90 Å². The summed E-state index contributed by atoms with van der Waals surface area (Å²) in [6, 6.07) is 80.8. The molecule has 0 N–H and O–H groups in total. The fraction of sp³-hybridized carbons (Fsp3) is 0. The normalized spacial score (nSPS) is 11.4. The number of fused-ring (bicyclic) bond motifs is 5. The lowest BCUT2D eigenvalue weighted by atomic mass is 9.94. The number of nitrogens with zero attached hydrogens (tertiary/aromatic N) is 1. The molecule has 0 aliphatic rings. The van der Waals surface area contributed by atoms with Gasteiger partial charge in [-0.15, -0.1) is 0 Å². The van der Waals surface area contributed by atoms with Crippen LogP contribution in [0.5, 0.6) is 0 Å². The van der Waals surface area contributed by atoms with Gasteiger partial charge in [-0.3, -0.25) is 0 Å². The monoisotopic (exact) mass is 739 g/mol. The Morgan fingerprint density at radius 2 is 0.845 bits per heavy atom. The molecule has 0 saturated carbocycles. The van der Waals surface area contributed by atoms with Gasteiger partial charge in [-0.2, -0.15) is 0 Å². The summed E-state index contributed by atoms with van der Waals surface area (Å²) in [6.07, 6.45) is 0. The van der Waals surface area contributed by atoms with Gasteiger partial charge in [-0.05, 0) is 97.4 Å². The van der Waals surface area contributed by atoms with Crippen molar-refractivity contribution in [2.75, 3.05) is 4.90 Å². The van der Waals surface area contributed by atoms with Crippen molar-refractivity contribution < 1.29 is 4.42 Å². The molecular formula is C56H37NO. The molecular weight excluding hydrogens is 703 g/mol. The number of furan rings is 1. The molecule has 0 saturated heterocycles. The summed E-state index contributed by atoms with van der Waals surface area (Å²) in [4.78, 5) is 2.45. The molecule has 0 amide bonds. The summed E-state index contributed by atoms with van der Waals surface area (Å²) in [6.45, 7) is 0. The quantitative estimate of drug-likeness (QED) is 0.162. The Hall–Kier alpha value is -7.68. The fourth-order valence-corrected chi connectivity index (χ4v) is 8.72. The lowest BCUT2D eigenvalue weighted by Crippen LogP contribution is -2.12. The van der Waals surface area contributed by atoms with Crippen molar-refractivity contribution in [2.24, 2.45) is 0 Å². The van der Waals surface area contributed by atoms with Crippen molar-refractivity contribution in [3.8, 4) is 44.5 Å². The maximum absolute atomic E-state index is 6.60. The smallest absolute Gasteiger partial charge is 0.136 e. The largest absolute Gasteiger partial charge is 0.456 e. The van der Waals surface area contributed by atoms with Crippen LogP contribution in [0.1, 0.15) is 0 Å². The Bertz CT molecular complexity index is 3280. The average Bonchev–Trinajstić information content (AvgIpc) is 3.66. The highest BCUT2D eigenvalue weighted by Crippen LogP contribution is 2.48. The van der Waals surface area contributed by atoms with Gasteiger partial charge >= 0.3 is 0 Å². The van der Waals surface area contributed by atoms with Crippen molar-refractivity contribution in [3.63, 3.8) is 0 Å². The molecule has 2 nitrogen and oxygen atoms in total. The van der Waals surface area contributed by atoms with Gasteiger partial charge in [0.15, 0.2) is 0 Å². The second-order valence-corrected chi connectivity index (χ2v) is 14.9. The number of hydrogen-bond donors (Lipinski definition) is 0. The third-order valence-corrected chi connectivity index (χ3v) is 11.5. The Labute approximate surface area is 337 Å². The van der Waals surface area contributed by atoms with E-state index in [-0.39, 0.29) is 0 Å². The summed E-state index contributed by atoms with van der Waals surface area (Å²) in [5.41, 5.74) is 14.3. The van der Waals surface area contributed by atoms with E-state index in [1.165, 1.54) is 38.2 Å². The van der Waals surface area contributed by atoms with Crippen LogP contribution >= 0.6 is 0 Å². The highest BCUT2D eigenvalue weighted by atomic mass is 16.3. The molecule has 11 aromatic rings. The number of anilines is 3. The topological polar surface area (TPSA) is 16.4 Å². The van der Waals surface area contributed by atoms with Crippen LogP contribution in [0.2, 0.25) is 0 Å². The van der Waals surface area contributed by atoms with Gasteiger partial charge < -0.3 is 9.32 Å². The first-order valence-electron chi connectivity index (χ1n) is 19.8. The van der Waals surface area contributed by atoms with Gasteiger partial charge in [-0.25, -0.2) is 0 Å². The van der Waals surface area contributed by atoms with Gasteiger partial charge in [-0.1, -0.05) is 182 Å². The molecule has 0 aliphatic carbocycles. The molecule has 11 rings (SSSR count). The average molecular weight is 740 g/mol. The SMILES string of the molecule is c1ccc(-c2ccc(-c3ccccc3N(c3cccc(-c4cccc5ccccc45)c3)c3ccccc3-c3cccc4oc5cc6ccccc6cc5c34)cc2)cc1. The van der Waals surface area contributed by atoms with Crippen LogP contribution in [-0.2, 0) is 0 Å². The molecule has 0 fully saturated rings. The van der Waals surface area contributed by atoms with E-state index < -0.39 is 0 Å². The summed E-state index contributed by atoms with van der Waals surface area (Å²) < 4.78 is 6.60. The number of rotatable bonds is 7. The molecule has 0 atom stereocenters. The summed E-state index contributed by atoms with van der Waals surface area (Å²) in [7, 11) is 0. The molecule has 1 aromatic heterocycles. The number of benzene rings is 10. The van der Waals surface area contributed by atoms with E-state index in [1.807, 2.05) is 0 Å². The molecule has 0 spiro atoms. The standard InChI is InChI=1S/C56H37NO/c1-2-15-38(16-3-1)39-31-33-41(34-32-39)48-24-8-10-28-52(48)57(45-22-12-21-44(35-45)47-26-13-20-40-17-6-7-23-46(40)47)53-29-11-9-25-49(53)50-27-14-30-54-56(50)51-36-42-18-4-5-19-43(42)37-55(51)58-54/h1-37H. The van der Waals surface area contributed by atoms with E-state index >= 15 is 0 Å². The molecule has 0 bridgehead atoms. The lowest BCUT2D eigenvalue weighted by Gasteiger charge is -2.30. The maximum atomic E-state index is 6.60. The molecule has 0 aliphatic heterocycles. The Kier molecular flexibility index (Phi) is 8.19. The van der Waals surface area contributed by atoms with Crippen LogP contribution in [-0.4, -0.2) is 0 Å². The molecule has 272 valence electrons. The van der Waals surface area contributed by atoms with Crippen molar-refractivity contribution >= 4 is 60.5 Å². The molecule has 2 heteroatoms. The molecule has 58 heavy (non-hydrogen) atoms. The first kappa shape index (κ1) is 33.6. The summed E-state index contributed by atoms with van der Waals surface area (Å²) in [5.74, 6) is 0. The van der Waals surface area contributed by atoms with E-state index in [4.69, 9.17) is 4.42 Å². The number of hydrogen-bond acceptors (Lipinski definition) is 2. The third kappa shape index (κ3) is 5.82. The van der Waals surface area contributed by atoms with Crippen LogP contribution in [0.4, 0.5) is 17.1 Å². The van der Waals surface area contributed by atoms with Gasteiger partial charge in [0, 0.05) is 27.6 Å². The van der Waals surface area contributed by atoms with E-state index in [0.717, 1.165) is 66.8 Å². The first-order chi connectivity index (χ1) is 28.8. The van der Waals surface area contributed by atoms with Crippen LogP contribution in [0.25, 0.3) is 88.0 Å². The Balaban J connectivity index is 1.14. The van der Waals surface area contributed by atoms with Gasteiger partial charge in [0.25, 0.3) is 0 Å². The van der Waals surface area contributed by atoms with Gasteiger partial charge in [0.2, 0.25) is 0 Å². The van der Waals surface area contributed by atoms with Crippen molar-refractivity contribution in [1.82, 2.24) is 0 Å². The zero-order chi connectivity index (χ0) is 38.4. The Morgan fingerprint density at radius 3 is 1.67 bits per heavy atom. The maximum Gasteiger partial charge on any atom is 0.136 e. The summed E-state index contributed by atoms with van der Waals surface area (Å²) >= 11 is 0. The number of para-hydroxylation sites is 2. The third-order valence-electron chi connectivity index (χ3n) is 11.5. The first-order valence-corrected chi connectivity index (χ1v) is 19.8. The van der Waals surface area contributed by atoms with E-state index in [9.17, 15) is 0 Å². The predicted molar refractivity (Wildman–Crippen MR) is 245 cm³/mol. The van der Waals surface area contributed by atoms with Crippen molar-refractivity contribution in [3.05, 3.63) is 224 Å². The minimum Gasteiger partial charge on any atom is -0.456 e. The van der Waals surface area contributed by atoms with E-state index in [1.54, 1.807) is 0 Å². The molecule has 10 aromatic carbocycles. The predicted octanol–water partition coefficient (Wildman–Crippen LogP) is 16.0. The highest BCUT2D eigenvalue weighted by Gasteiger charge is 2.23. The molecule has 1 heterocycles. The van der Waals surface area contributed by atoms with Crippen LogP contribution in [0.3, 0.4) is 0 Å². The second kappa shape index (κ2) is 14.1. The zero-order valence-corrected chi connectivity index (χ0v) is 31.7. The lowest BCUT2D eigenvalue weighted by molar-refractivity contribution is 0.669. The molecule has 0 radical (unpaired) electrons. The van der Waals surface area contributed by atoms with Gasteiger partial charge in [0.1, 0.15) is 11.2 Å². The zero-order valence-electron chi connectivity index (χ0n) is 31.7. The van der Waals surface area contributed by atoms with E-state index in [2.05, 4.69) is 229 Å². The Morgan fingerprint density at radius 1 is 0.293 bits per heavy atom. The van der Waals surface area contributed by atoms with Crippen molar-refractivity contribution in [2.45, 2.75) is 0 Å². The fourth-order valence-electron chi connectivity index (χ4n) is 8.72. The van der Waals surface area contributed by atoms with Crippen molar-refractivity contribution in [1.29, 1.82) is 0 Å². The van der Waals surface area contributed by atoms with E-state index in [0.29, 0.717) is 0 Å². The highest BCUT2D eigenvalue weighted by molar-refractivity contribution is 6.17. The summed E-state index contributed by atoms with van der Waals surface area (Å²) in [5, 5.41) is 7.05.